The van der Waals surface area contributed by atoms with E-state index < -0.39 is 0 Å². The minimum atomic E-state index is 0.611. The summed E-state index contributed by atoms with van der Waals surface area (Å²) in [5.41, 5.74) is 1.38. The Morgan fingerprint density at radius 1 is 1.33 bits per heavy atom. The predicted octanol–water partition coefficient (Wildman–Crippen LogP) is 4.60. The molecule has 0 nitrogen and oxygen atoms in total. The van der Waals surface area contributed by atoms with Crippen molar-refractivity contribution in [2.45, 2.75) is 12.8 Å². The average molecular weight is 308 g/mol. The summed E-state index contributed by atoms with van der Waals surface area (Å²) in [6, 6.07) is 8.52. The summed E-state index contributed by atoms with van der Waals surface area (Å²) in [5, 5.41) is 0. The highest BCUT2D eigenvalue weighted by molar-refractivity contribution is 9.10. The van der Waals surface area contributed by atoms with Crippen molar-refractivity contribution >= 4 is 39.3 Å². The van der Waals surface area contributed by atoms with Crippen molar-refractivity contribution in [1.82, 2.24) is 0 Å². The van der Waals surface area contributed by atoms with Gasteiger partial charge in [0.2, 0.25) is 0 Å². The Morgan fingerprint density at radius 2 is 2.00 bits per heavy atom. The highest BCUT2D eigenvalue weighted by atomic mass is 79.9. The summed E-state index contributed by atoms with van der Waals surface area (Å²) < 4.78 is 1.14. The number of halogens is 2. The van der Waals surface area contributed by atoms with Crippen molar-refractivity contribution in [3.8, 4) is 0 Å². The van der Waals surface area contributed by atoms with Crippen LogP contribution in [0.15, 0.2) is 28.7 Å². The van der Waals surface area contributed by atoms with Crippen LogP contribution in [-0.4, -0.2) is 17.9 Å². The van der Waals surface area contributed by atoms with Gasteiger partial charge in [-0.1, -0.05) is 28.1 Å². The first kappa shape index (κ1) is 13.4. The molecule has 0 aliphatic heterocycles. The van der Waals surface area contributed by atoms with Crippen LogP contribution in [0.3, 0.4) is 0 Å². The Balaban J connectivity index is 2.47. The van der Waals surface area contributed by atoms with E-state index in [4.69, 9.17) is 11.6 Å². The predicted molar refractivity (Wildman–Crippen MR) is 75.1 cm³/mol. The molecule has 0 aliphatic rings. The van der Waals surface area contributed by atoms with Crippen LogP contribution in [-0.2, 0) is 6.42 Å². The molecule has 15 heavy (non-hydrogen) atoms. The Hall–Kier alpha value is 0.340. The minimum absolute atomic E-state index is 0.611. The van der Waals surface area contributed by atoms with E-state index in [1.807, 2.05) is 11.8 Å². The minimum Gasteiger partial charge on any atom is -0.165 e. The van der Waals surface area contributed by atoms with Crippen molar-refractivity contribution in [2.75, 3.05) is 17.9 Å². The van der Waals surface area contributed by atoms with E-state index in [-0.39, 0.29) is 0 Å². The molecule has 0 N–H and O–H groups in total. The molecule has 0 aliphatic carbocycles. The molecule has 0 heterocycles. The van der Waals surface area contributed by atoms with Crippen LogP contribution in [0.4, 0.5) is 0 Å². The smallest absolute Gasteiger partial charge is 0.0255 e. The molecule has 0 amide bonds. The number of hydrogen-bond donors (Lipinski definition) is 0. The van der Waals surface area contributed by atoms with Crippen LogP contribution >= 0.6 is 39.3 Å². The lowest BCUT2D eigenvalue weighted by Crippen LogP contribution is -2.07. The quantitative estimate of drug-likeness (QED) is 0.692. The molecule has 0 aromatic heterocycles. The molecule has 0 fully saturated rings. The molecular formula is C12H16BrClS. The molecule has 1 atom stereocenters. The van der Waals surface area contributed by atoms with Crippen LogP contribution in [0.5, 0.6) is 0 Å². The van der Waals surface area contributed by atoms with Crippen molar-refractivity contribution in [2.24, 2.45) is 5.92 Å². The van der Waals surface area contributed by atoms with Crippen LogP contribution in [0.1, 0.15) is 12.0 Å². The molecule has 3 heteroatoms. The first-order valence-electron chi connectivity index (χ1n) is 5.05. The first-order valence-corrected chi connectivity index (χ1v) is 7.77. The Morgan fingerprint density at radius 3 is 2.53 bits per heavy atom. The Labute approximate surface area is 110 Å². The van der Waals surface area contributed by atoms with E-state index >= 15 is 0 Å². The zero-order valence-corrected chi connectivity index (χ0v) is 12.0. The summed E-state index contributed by atoms with van der Waals surface area (Å²) in [4.78, 5) is 0. The lowest BCUT2D eigenvalue weighted by Gasteiger charge is -2.13. The summed E-state index contributed by atoms with van der Waals surface area (Å²) in [6.45, 7) is 0. The maximum atomic E-state index is 5.97. The van der Waals surface area contributed by atoms with Gasteiger partial charge in [0.1, 0.15) is 0 Å². The van der Waals surface area contributed by atoms with Crippen LogP contribution in [0.25, 0.3) is 0 Å². The van der Waals surface area contributed by atoms with Gasteiger partial charge in [-0.05, 0) is 48.5 Å². The van der Waals surface area contributed by atoms with E-state index in [2.05, 4.69) is 46.5 Å². The number of thioether (sulfide) groups is 1. The van der Waals surface area contributed by atoms with Gasteiger partial charge in [0.05, 0.1) is 0 Å². The molecule has 1 rings (SSSR count). The molecule has 0 saturated carbocycles. The normalized spacial score (nSPS) is 12.7. The van der Waals surface area contributed by atoms with Crippen LogP contribution in [0.2, 0.25) is 0 Å². The lowest BCUT2D eigenvalue weighted by atomic mass is 9.99. The number of alkyl halides is 1. The second-order valence-corrected chi connectivity index (χ2v) is 5.84. The van der Waals surface area contributed by atoms with Gasteiger partial charge in [-0.25, -0.2) is 0 Å². The van der Waals surface area contributed by atoms with E-state index in [1.165, 1.54) is 17.7 Å². The fraction of sp³-hybridized carbons (Fsp3) is 0.500. The lowest BCUT2D eigenvalue weighted by molar-refractivity contribution is 0.572. The molecule has 0 saturated heterocycles. The molecule has 1 aromatic carbocycles. The summed E-state index contributed by atoms with van der Waals surface area (Å²) in [6.07, 6.45) is 4.45. The largest absolute Gasteiger partial charge is 0.165 e. The van der Waals surface area contributed by atoms with Gasteiger partial charge in [0.15, 0.2) is 0 Å². The SMILES string of the molecule is CSCCC(CCl)Cc1ccc(Br)cc1. The van der Waals surface area contributed by atoms with Gasteiger partial charge in [-0.3, -0.25) is 0 Å². The van der Waals surface area contributed by atoms with Crippen LogP contribution < -0.4 is 0 Å². The zero-order valence-electron chi connectivity index (χ0n) is 8.88. The number of hydrogen-bond acceptors (Lipinski definition) is 1. The standard InChI is InChI=1S/C12H16BrClS/c1-15-7-6-11(9-14)8-10-2-4-12(13)5-3-10/h2-5,11H,6-9H2,1H3. The third-order valence-corrected chi connectivity index (χ3v) is 4.00. The van der Waals surface area contributed by atoms with Gasteiger partial charge < -0.3 is 0 Å². The van der Waals surface area contributed by atoms with Gasteiger partial charge in [0.25, 0.3) is 0 Å². The molecule has 84 valence electrons. The Kier molecular flexibility index (Phi) is 6.78. The van der Waals surface area contributed by atoms with Gasteiger partial charge in [-0.2, -0.15) is 11.8 Å². The maximum Gasteiger partial charge on any atom is 0.0255 e. The second kappa shape index (κ2) is 7.59. The third kappa shape index (κ3) is 5.28. The first-order chi connectivity index (χ1) is 7.26. The summed E-state index contributed by atoms with van der Waals surface area (Å²) in [7, 11) is 0. The monoisotopic (exact) mass is 306 g/mol. The van der Waals surface area contributed by atoms with Gasteiger partial charge in [0, 0.05) is 10.4 Å². The van der Waals surface area contributed by atoms with E-state index in [9.17, 15) is 0 Å². The number of rotatable bonds is 6. The van der Waals surface area contributed by atoms with E-state index in [0.717, 1.165) is 16.8 Å². The third-order valence-electron chi connectivity index (χ3n) is 2.39. The van der Waals surface area contributed by atoms with Gasteiger partial charge >= 0.3 is 0 Å². The van der Waals surface area contributed by atoms with Crippen molar-refractivity contribution in [3.63, 3.8) is 0 Å². The molecule has 0 spiro atoms. The molecule has 1 unspecified atom stereocenters. The number of benzene rings is 1. The molecular weight excluding hydrogens is 292 g/mol. The summed E-state index contributed by atoms with van der Waals surface area (Å²) >= 11 is 11.3. The second-order valence-electron chi connectivity index (χ2n) is 3.63. The van der Waals surface area contributed by atoms with Crippen molar-refractivity contribution in [1.29, 1.82) is 0 Å². The Bertz CT molecular complexity index is 273. The topological polar surface area (TPSA) is 0 Å². The van der Waals surface area contributed by atoms with Crippen LogP contribution in [0, 0.1) is 5.92 Å². The van der Waals surface area contributed by atoms with E-state index in [1.54, 1.807) is 0 Å². The molecule has 0 radical (unpaired) electrons. The fourth-order valence-corrected chi connectivity index (χ4v) is 2.57. The highest BCUT2D eigenvalue weighted by Gasteiger charge is 2.07. The van der Waals surface area contributed by atoms with Crippen molar-refractivity contribution < 1.29 is 0 Å². The fourth-order valence-electron chi connectivity index (χ4n) is 1.47. The molecule has 1 aromatic rings. The zero-order chi connectivity index (χ0) is 11.1. The van der Waals surface area contributed by atoms with Gasteiger partial charge in [-0.15, -0.1) is 11.6 Å². The highest BCUT2D eigenvalue weighted by Crippen LogP contribution is 2.18. The summed E-state index contributed by atoms with van der Waals surface area (Å²) in [5.74, 6) is 2.57. The van der Waals surface area contributed by atoms with E-state index in [0.29, 0.717) is 5.92 Å². The average Bonchev–Trinajstić information content (AvgIpc) is 2.27. The maximum absolute atomic E-state index is 5.97. The molecule has 0 bridgehead atoms. The van der Waals surface area contributed by atoms with Crippen molar-refractivity contribution in [3.05, 3.63) is 34.3 Å².